The molecule has 1 rings (SSSR count). The van der Waals surface area contributed by atoms with Crippen LogP contribution < -0.4 is 0 Å². The van der Waals surface area contributed by atoms with Gasteiger partial charge in [-0.3, -0.25) is 4.90 Å². The molecule has 0 spiro atoms. The van der Waals surface area contributed by atoms with Crippen LogP contribution in [0.5, 0.6) is 0 Å². The molecule has 0 unspecified atom stereocenters. The van der Waals surface area contributed by atoms with Crippen molar-refractivity contribution in [1.82, 2.24) is 4.90 Å². The highest BCUT2D eigenvalue weighted by atomic mass is 15.2. The molecular weight excluding hydrogens is 172 g/mol. The molecule has 0 saturated carbocycles. The summed E-state index contributed by atoms with van der Waals surface area (Å²) in [5.41, 5.74) is -0.127. The third-order valence-corrected chi connectivity index (χ3v) is 3.14. The van der Waals surface area contributed by atoms with Gasteiger partial charge >= 0.3 is 0 Å². The predicted molar refractivity (Wildman–Crippen MR) is 57.4 cm³/mol. The van der Waals surface area contributed by atoms with E-state index in [1.54, 1.807) is 0 Å². The number of hydrogen-bond acceptors (Lipinski definition) is 2. The summed E-state index contributed by atoms with van der Waals surface area (Å²) in [5, 5.41) is 8.59. The van der Waals surface area contributed by atoms with Gasteiger partial charge in [-0.05, 0) is 45.7 Å². The Bertz CT molecular complexity index is 259. The number of nitrogens with zero attached hydrogens (tertiary/aromatic N) is 2. The molecule has 76 valence electrons. The number of piperidine rings is 1. The van der Waals surface area contributed by atoms with E-state index in [9.17, 15) is 0 Å². The monoisotopic (exact) mass is 190 g/mol. The van der Waals surface area contributed by atoms with Crippen LogP contribution in [0.3, 0.4) is 0 Å². The second-order valence-electron chi connectivity index (χ2n) is 4.50. The maximum atomic E-state index is 8.59. The predicted octanol–water partition coefficient (Wildman–Crippen LogP) is 2.02. The van der Waals surface area contributed by atoms with Crippen LogP contribution in [-0.4, -0.2) is 23.5 Å². The molecule has 1 heterocycles. The van der Waals surface area contributed by atoms with Crippen LogP contribution in [0, 0.1) is 29.6 Å². The summed E-state index contributed by atoms with van der Waals surface area (Å²) < 4.78 is 0. The molecule has 14 heavy (non-hydrogen) atoms. The van der Waals surface area contributed by atoms with Crippen molar-refractivity contribution in [2.45, 2.75) is 38.6 Å². The van der Waals surface area contributed by atoms with E-state index < -0.39 is 0 Å². The Labute approximate surface area is 86.9 Å². The average molecular weight is 190 g/mol. The fourth-order valence-electron chi connectivity index (χ4n) is 1.92. The molecule has 1 aliphatic rings. The van der Waals surface area contributed by atoms with Crippen LogP contribution in [-0.2, 0) is 0 Å². The van der Waals surface area contributed by atoms with Gasteiger partial charge in [0.1, 0.15) is 0 Å². The first-order valence-electron chi connectivity index (χ1n) is 5.20. The topological polar surface area (TPSA) is 27.0 Å². The van der Waals surface area contributed by atoms with Crippen LogP contribution in [0.2, 0.25) is 0 Å². The molecule has 1 aliphatic heterocycles. The van der Waals surface area contributed by atoms with Gasteiger partial charge in [0.2, 0.25) is 0 Å². The zero-order chi connectivity index (χ0) is 10.6. The summed E-state index contributed by atoms with van der Waals surface area (Å²) >= 11 is 0. The minimum absolute atomic E-state index is 0.127. The fourth-order valence-corrected chi connectivity index (χ4v) is 1.92. The molecule has 1 saturated heterocycles. The van der Waals surface area contributed by atoms with E-state index >= 15 is 0 Å². The molecule has 0 N–H and O–H groups in total. The highest BCUT2D eigenvalue weighted by Crippen LogP contribution is 2.25. The van der Waals surface area contributed by atoms with E-state index in [2.05, 4.69) is 30.7 Å². The van der Waals surface area contributed by atoms with Gasteiger partial charge in [0.25, 0.3) is 0 Å². The van der Waals surface area contributed by atoms with Crippen molar-refractivity contribution in [1.29, 1.82) is 5.26 Å². The Hall–Kier alpha value is -0.990. The van der Waals surface area contributed by atoms with Crippen molar-refractivity contribution in [2.75, 3.05) is 13.1 Å². The Morgan fingerprint density at radius 1 is 1.43 bits per heavy atom. The van der Waals surface area contributed by atoms with E-state index in [4.69, 9.17) is 11.7 Å². The normalized spacial score (nSPS) is 20.0. The second-order valence-corrected chi connectivity index (χ2v) is 4.50. The Balaban J connectivity index is 2.45. The summed E-state index contributed by atoms with van der Waals surface area (Å²) in [6.45, 7) is 6.22. The van der Waals surface area contributed by atoms with Crippen molar-refractivity contribution < 1.29 is 0 Å². The first-order valence-corrected chi connectivity index (χ1v) is 5.20. The van der Waals surface area contributed by atoms with Crippen LogP contribution in [0.15, 0.2) is 0 Å². The molecule has 0 aromatic rings. The van der Waals surface area contributed by atoms with Crippen molar-refractivity contribution in [3.05, 3.63) is 0 Å². The Kier molecular flexibility index (Phi) is 3.55. The van der Waals surface area contributed by atoms with Gasteiger partial charge < -0.3 is 0 Å². The van der Waals surface area contributed by atoms with E-state index in [1.165, 1.54) is 0 Å². The molecule has 0 aliphatic carbocycles. The number of hydrogen-bond donors (Lipinski definition) is 0. The highest BCUT2D eigenvalue weighted by Gasteiger charge is 2.28. The second kappa shape index (κ2) is 4.49. The molecular formula is C12H18N2. The van der Waals surface area contributed by atoms with Crippen LogP contribution in [0.25, 0.3) is 0 Å². The van der Waals surface area contributed by atoms with Crippen molar-refractivity contribution >= 4 is 0 Å². The highest BCUT2D eigenvalue weighted by molar-refractivity contribution is 5.09. The quantitative estimate of drug-likeness (QED) is 0.623. The van der Waals surface area contributed by atoms with E-state index in [0.717, 1.165) is 25.9 Å². The van der Waals surface area contributed by atoms with Gasteiger partial charge in [-0.15, -0.1) is 6.42 Å². The number of likely N-dealkylation sites (tertiary alicyclic amines) is 1. The maximum absolute atomic E-state index is 8.59. The SMILES string of the molecule is C#CC(C)(C)N1CCC(CC#N)CC1. The molecule has 0 atom stereocenters. The summed E-state index contributed by atoms with van der Waals surface area (Å²) in [5.74, 6) is 3.41. The van der Waals surface area contributed by atoms with E-state index in [-0.39, 0.29) is 5.54 Å². The lowest BCUT2D eigenvalue weighted by molar-refractivity contribution is 0.113. The molecule has 0 bridgehead atoms. The van der Waals surface area contributed by atoms with Crippen LogP contribution in [0.4, 0.5) is 0 Å². The molecule has 2 heteroatoms. The summed E-state index contributed by atoms with van der Waals surface area (Å²) in [7, 11) is 0. The summed E-state index contributed by atoms with van der Waals surface area (Å²) in [6, 6.07) is 2.25. The third kappa shape index (κ3) is 2.50. The summed E-state index contributed by atoms with van der Waals surface area (Å²) in [4.78, 5) is 2.33. The molecule has 0 aromatic carbocycles. The third-order valence-electron chi connectivity index (χ3n) is 3.14. The zero-order valence-corrected chi connectivity index (χ0v) is 9.08. The van der Waals surface area contributed by atoms with Gasteiger partial charge in [0, 0.05) is 6.42 Å². The number of rotatable bonds is 2. The Morgan fingerprint density at radius 2 is 2.00 bits per heavy atom. The average Bonchev–Trinajstić information content (AvgIpc) is 2.19. The summed E-state index contributed by atoms with van der Waals surface area (Å²) in [6.07, 6.45) is 8.40. The van der Waals surface area contributed by atoms with Crippen LogP contribution in [0.1, 0.15) is 33.1 Å². The standard InChI is InChI=1S/C12H18N2/c1-4-12(2,3)14-9-6-11(5-8-13)7-10-14/h1,11H,5-7,9-10H2,2-3H3. The van der Waals surface area contributed by atoms with Crippen molar-refractivity contribution in [3.8, 4) is 18.4 Å². The van der Waals surface area contributed by atoms with Gasteiger partial charge in [-0.2, -0.15) is 5.26 Å². The van der Waals surface area contributed by atoms with E-state index in [1.807, 2.05) is 0 Å². The largest absolute Gasteiger partial charge is 0.288 e. The molecule has 0 amide bonds. The zero-order valence-electron chi connectivity index (χ0n) is 9.08. The first kappa shape index (κ1) is 11.1. The fraction of sp³-hybridized carbons (Fsp3) is 0.750. The van der Waals surface area contributed by atoms with Crippen molar-refractivity contribution in [2.24, 2.45) is 5.92 Å². The van der Waals surface area contributed by atoms with Gasteiger partial charge in [0.15, 0.2) is 0 Å². The minimum Gasteiger partial charge on any atom is -0.288 e. The van der Waals surface area contributed by atoms with Gasteiger partial charge in [-0.1, -0.05) is 5.92 Å². The maximum Gasteiger partial charge on any atom is 0.0766 e. The molecule has 0 radical (unpaired) electrons. The lowest BCUT2D eigenvalue weighted by atomic mass is 9.91. The Morgan fingerprint density at radius 3 is 2.43 bits per heavy atom. The van der Waals surface area contributed by atoms with E-state index in [0.29, 0.717) is 12.3 Å². The molecule has 1 fully saturated rings. The lowest BCUT2D eigenvalue weighted by Crippen LogP contribution is -2.47. The first-order chi connectivity index (χ1) is 6.60. The number of terminal acetylenes is 1. The molecule has 0 aromatic heterocycles. The van der Waals surface area contributed by atoms with Gasteiger partial charge in [0.05, 0.1) is 11.6 Å². The van der Waals surface area contributed by atoms with Crippen molar-refractivity contribution in [3.63, 3.8) is 0 Å². The van der Waals surface area contributed by atoms with Crippen LogP contribution >= 0.6 is 0 Å². The lowest BCUT2D eigenvalue weighted by Gasteiger charge is -2.39. The minimum atomic E-state index is -0.127. The smallest absolute Gasteiger partial charge is 0.0766 e. The molecule has 2 nitrogen and oxygen atoms in total. The van der Waals surface area contributed by atoms with Gasteiger partial charge in [-0.25, -0.2) is 0 Å². The number of nitriles is 1.